The highest BCUT2D eigenvalue weighted by Gasteiger charge is 2.52. The molecule has 3 atom stereocenters. The molecule has 178 valence electrons. The first-order chi connectivity index (χ1) is 17.1. The van der Waals surface area contributed by atoms with Gasteiger partial charge in [-0.1, -0.05) is 53.7 Å². The Labute approximate surface area is 202 Å². The van der Waals surface area contributed by atoms with Crippen molar-refractivity contribution in [1.29, 1.82) is 0 Å². The predicted octanol–water partition coefficient (Wildman–Crippen LogP) is 5.82. The summed E-state index contributed by atoms with van der Waals surface area (Å²) in [5.41, 5.74) is 4.05. The topological polar surface area (TPSA) is 65.7 Å². The van der Waals surface area contributed by atoms with Gasteiger partial charge in [0.1, 0.15) is 12.4 Å². The molecule has 35 heavy (non-hydrogen) atoms. The van der Waals surface area contributed by atoms with Crippen LogP contribution >= 0.6 is 0 Å². The van der Waals surface area contributed by atoms with Crippen LogP contribution in [0.2, 0.25) is 0 Å². The number of fused-ring (bicyclic) bond motifs is 2. The highest BCUT2D eigenvalue weighted by molar-refractivity contribution is 5.56. The fourth-order valence-corrected chi connectivity index (χ4v) is 6.03. The molecule has 6 nitrogen and oxygen atoms in total. The second-order valence-electron chi connectivity index (χ2n) is 9.47. The van der Waals surface area contributed by atoms with Gasteiger partial charge < -0.3 is 4.74 Å². The van der Waals surface area contributed by atoms with Crippen molar-refractivity contribution in [3.05, 3.63) is 89.7 Å². The maximum Gasteiger partial charge on any atom is 0.350 e. The second kappa shape index (κ2) is 8.83. The molecular formula is C27H25F2N5O. The summed E-state index contributed by atoms with van der Waals surface area (Å²) in [4.78, 5) is 4.65. The Bertz CT molecular complexity index is 1290. The number of hydrogen-bond acceptors (Lipinski definition) is 5. The summed E-state index contributed by atoms with van der Waals surface area (Å²) in [5.74, 6) is 2.33. The molecule has 2 aromatic carbocycles. The molecular weight excluding hydrogens is 448 g/mol. The van der Waals surface area contributed by atoms with E-state index >= 15 is 0 Å². The third-order valence-electron chi connectivity index (χ3n) is 7.59. The normalized spacial score (nSPS) is 23.2. The number of halogens is 2. The zero-order chi connectivity index (χ0) is 23.8. The van der Waals surface area contributed by atoms with Crippen molar-refractivity contribution in [2.24, 2.45) is 11.8 Å². The van der Waals surface area contributed by atoms with E-state index in [9.17, 15) is 8.78 Å². The Morgan fingerprint density at radius 1 is 0.971 bits per heavy atom. The minimum Gasteiger partial charge on any atom is -0.487 e. The molecule has 8 heteroatoms. The van der Waals surface area contributed by atoms with Crippen LogP contribution in [-0.4, -0.2) is 25.2 Å². The number of pyridine rings is 1. The Morgan fingerprint density at radius 2 is 1.74 bits per heavy atom. The third-order valence-corrected chi connectivity index (χ3v) is 7.59. The van der Waals surface area contributed by atoms with Gasteiger partial charge >= 0.3 is 6.55 Å². The monoisotopic (exact) mass is 473 g/mol. The Hall–Kier alpha value is -3.68. The van der Waals surface area contributed by atoms with Crippen LogP contribution in [0.4, 0.5) is 8.78 Å². The molecule has 2 aliphatic carbocycles. The molecule has 2 fully saturated rings. The van der Waals surface area contributed by atoms with Gasteiger partial charge in [0.05, 0.1) is 5.69 Å². The lowest BCUT2D eigenvalue weighted by atomic mass is 9.64. The summed E-state index contributed by atoms with van der Waals surface area (Å²) in [5, 5.41) is 11.0. The molecule has 2 heterocycles. The molecule has 2 bridgehead atoms. The standard InChI is InChI=1S/C27H25F2N5O/c28-26(29)34-32-25(31-33-34)19-5-8-20(9-6-19)27(16-18-4-7-22(27)15-18)21-10-12-24(13-11-21)35-17-23-3-1-2-14-30-23/h1-3,5-6,8-14,18,22,26H,4,7,15-17H2/t18-,22+,27+/m1/s1. The molecule has 2 aromatic heterocycles. The summed E-state index contributed by atoms with van der Waals surface area (Å²) in [6.45, 7) is -2.37. The largest absolute Gasteiger partial charge is 0.487 e. The minimum atomic E-state index is -2.80. The van der Waals surface area contributed by atoms with E-state index in [1.165, 1.54) is 30.4 Å². The predicted molar refractivity (Wildman–Crippen MR) is 126 cm³/mol. The van der Waals surface area contributed by atoms with Gasteiger partial charge in [-0.05, 0) is 71.7 Å². The number of hydrogen-bond donors (Lipinski definition) is 0. The number of rotatable bonds is 7. The summed E-state index contributed by atoms with van der Waals surface area (Å²) in [6, 6.07) is 22.3. The molecule has 0 radical (unpaired) electrons. The Morgan fingerprint density at radius 3 is 2.34 bits per heavy atom. The Kier molecular flexibility index (Phi) is 5.51. The lowest BCUT2D eigenvalue weighted by Crippen LogP contribution is -2.34. The average molecular weight is 474 g/mol. The SMILES string of the molecule is FC(F)n1nnc(-c2ccc([C@]3(c4ccc(OCc5ccccn5)cc4)C[C@@H]4CC[C@H]3C4)cc2)n1. The van der Waals surface area contributed by atoms with Gasteiger partial charge in [0.25, 0.3) is 0 Å². The number of tetrazole rings is 1. The molecule has 0 saturated heterocycles. The van der Waals surface area contributed by atoms with Crippen LogP contribution in [0.5, 0.6) is 5.75 Å². The van der Waals surface area contributed by atoms with Crippen molar-refractivity contribution < 1.29 is 13.5 Å². The molecule has 2 aliphatic rings. The van der Waals surface area contributed by atoms with Crippen LogP contribution < -0.4 is 4.74 Å². The molecule has 0 N–H and O–H groups in total. The van der Waals surface area contributed by atoms with Crippen molar-refractivity contribution in [3.8, 4) is 17.1 Å². The smallest absolute Gasteiger partial charge is 0.350 e. The van der Waals surface area contributed by atoms with Crippen LogP contribution in [0.25, 0.3) is 11.4 Å². The van der Waals surface area contributed by atoms with Crippen molar-refractivity contribution in [3.63, 3.8) is 0 Å². The lowest BCUT2D eigenvalue weighted by Gasteiger charge is -2.39. The number of ether oxygens (including phenoxy) is 1. The van der Waals surface area contributed by atoms with E-state index in [4.69, 9.17) is 4.74 Å². The first kappa shape index (κ1) is 21.8. The first-order valence-electron chi connectivity index (χ1n) is 11.9. The van der Waals surface area contributed by atoms with E-state index in [-0.39, 0.29) is 11.2 Å². The molecule has 2 saturated carbocycles. The lowest BCUT2D eigenvalue weighted by molar-refractivity contribution is 0.0397. The fraction of sp³-hybridized carbons (Fsp3) is 0.333. The number of benzene rings is 2. The van der Waals surface area contributed by atoms with E-state index in [2.05, 4.69) is 44.7 Å². The quantitative estimate of drug-likeness (QED) is 0.339. The first-order valence-corrected chi connectivity index (χ1v) is 11.9. The summed E-state index contributed by atoms with van der Waals surface area (Å²) < 4.78 is 31.6. The highest BCUT2D eigenvalue weighted by Crippen LogP contribution is 2.60. The zero-order valence-corrected chi connectivity index (χ0v) is 19.1. The number of aromatic nitrogens is 5. The maximum absolute atomic E-state index is 12.8. The van der Waals surface area contributed by atoms with Gasteiger partial charge in [0, 0.05) is 17.2 Å². The van der Waals surface area contributed by atoms with E-state index < -0.39 is 6.55 Å². The molecule has 0 spiro atoms. The zero-order valence-electron chi connectivity index (χ0n) is 19.1. The van der Waals surface area contributed by atoms with Crippen molar-refractivity contribution in [1.82, 2.24) is 25.2 Å². The van der Waals surface area contributed by atoms with E-state index in [1.807, 2.05) is 42.5 Å². The molecule has 0 amide bonds. The van der Waals surface area contributed by atoms with Crippen LogP contribution in [0.3, 0.4) is 0 Å². The van der Waals surface area contributed by atoms with E-state index in [0.717, 1.165) is 23.8 Å². The molecule has 4 aromatic rings. The second-order valence-corrected chi connectivity index (χ2v) is 9.47. The van der Waals surface area contributed by atoms with Gasteiger partial charge in [-0.2, -0.15) is 8.78 Å². The van der Waals surface area contributed by atoms with Gasteiger partial charge in [-0.3, -0.25) is 4.98 Å². The summed E-state index contributed by atoms with van der Waals surface area (Å²) >= 11 is 0. The van der Waals surface area contributed by atoms with Gasteiger partial charge in [0.15, 0.2) is 0 Å². The van der Waals surface area contributed by atoms with Crippen molar-refractivity contribution in [2.75, 3.05) is 0 Å². The third kappa shape index (κ3) is 3.96. The fourth-order valence-electron chi connectivity index (χ4n) is 6.03. The van der Waals surface area contributed by atoms with Gasteiger partial charge in [0.2, 0.25) is 5.82 Å². The van der Waals surface area contributed by atoms with Crippen LogP contribution in [0.15, 0.2) is 72.9 Å². The molecule has 6 rings (SSSR count). The van der Waals surface area contributed by atoms with Crippen molar-refractivity contribution >= 4 is 0 Å². The maximum atomic E-state index is 12.8. The molecule has 0 aliphatic heterocycles. The van der Waals surface area contributed by atoms with Gasteiger partial charge in [-0.25, -0.2) is 0 Å². The van der Waals surface area contributed by atoms with E-state index in [0.29, 0.717) is 22.9 Å². The van der Waals surface area contributed by atoms with E-state index in [1.54, 1.807) is 6.20 Å². The van der Waals surface area contributed by atoms with Crippen LogP contribution in [0.1, 0.15) is 49.1 Å². The number of nitrogens with zero attached hydrogens (tertiary/aromatic N) is 5. The Balaban J connectivity index is 1.27. The number of alkyl halides is 2. The van der Waals surface area contributed by atoms with Crippen molar-refractivity contribution in [2.45, 2.75) is 44.3 Å². The van der Waals surface area contributed by atoms with Crippen LogP contribution in [0, 0.1) is 11.8 Å². The highest BCUT2D eigenvalue weighted by atomic mass is 19.3. The minimum absolute atomic E-state index is 0.0605. The summed E-state index contributed by atoms with van der Waals surface area (Å²) in [6.07, 6.45) is 6.63. The van der Waals surface area contributed by atoms with Crippen LogP contribution in [-0.2, 0) is 12.0 Å². The summed E-state index contributed by atoms with van der Waals surface area (Å²) in [7, 11) is 0. The average Bonchev–Trinajstić information content (AvgIpc) is 3.66. The van der Waals surface area contributed by atoms with Gasteiger partial charge in [-0.15, -0.1) is 10.2 Å². The molecule has 0 unspecified atom stereocenters.